The number of esters is 1. The predicted octanol–water partition coefficient (Wildman–Crippen LogP) is 6.15. The van der Waals surface area contributed by atoms with E-state index in [-0.39, 0.29) is 31.5 Å². The van der Waals surface area contributed by atoms with Gasteiger partial charge >= 0.3 is 5.97 Å². The second-order valence-corrected chi connectivity index (χ2v) is 11.2. The molecule has 39 heavy (non-hydrogen) atoms. The standard InChI is InChI=1S/C30H26ClNO6S/c1-3-36-30(35)28-20(25-5-4-10-39-25)13-22-27(29(28)34)19(17-7-9-23-24(11-17)38-15-37-23)14-26(33)32(22)18-8-6-16(2)21(31)12-18/h4-12,19-20,28H,3,13-15H2,1-2H3/t19-,20+,28-/m0/s1. The van der Waals surface area contributed by atoms with Gasteiger partial charge in [0, 0.05) is 39.4 Å². The number of nitrogens with zero attached hydrogens (tertiary/aromatic N) is 1. The van der Waals surface area contributed by atoms with Gasteiger partial charge in [-0.2, -0.15) is 0 Å². The van der Waals surface area contributed by atoms with Crippen molar-refractivity contribution in [3.63, 3.8) is 0 Å². The van der Waals surface area contributed by atoms with Gasteiger partial charge in [-0.1, -0.05) is 29.8 Å². The number of Topliss-reactive ketones (excluding diaryl/α,β-unsaturated/α-hetero) is 1. The van der Waals surface area contributed by atoms with Gasteiger partial charge in [0.2, 0.25) is 12.7 Å². The van der Waals surface area contributed by atoms with E-state index in [1.807, 2.05) is 48.7 Å². The molecule has 0 saturated heterocycles. The Morgan fingerprint density at radius 2 is 1.92 bits per heavy atom. The first-order valence-corrected chi connectivity index (χ1v) is 14.1. The maximum Gasteiger partial charge on any atom is 0.317 e. The lowest BCUT2D eigenvalue weighted by molar-refractivity contribution is -0.152. The number of thiophene rings is 1. The first kappa shape index (κ1) is 25.6. The van der Waals surface area contributed by atoms with E-state index < -0.39 is 23.7 Å². The maximum atomic E-state index is 14.4. The van der Waals surface area contributed by atoms with Crippen LogP contribution < -0.4 is 14.4 Å². The number of anilines is 1. The minimum atomic E-state index is -1.00. The van der Waals surface area contributed by atoms with Gasteiger partial charge in [-0.3, -0.25) is 19.3 Å². The van der Waals surface area contributed by atoms with Gasteiger partial charge in [0.15, 0.2) is 17.3 Å². The van der Waals surface area contributed by atoms with Gasteiger partial charge in [-0.15, -0.1) is 11.3 Å². The number of aryl methyl sites for hydroxylation is 1. The van der Waals surface area contributed by atoms with E-state index in [0.29, 0.717) is 39.9 Å². The van der Waals surface area contributed by atoms with Crippen molar-refractivity contribution in [2.45, 2.75) is 38.5 Å². The van der Waals surface area contributed by atoms with E-state index in [9.17, 15) is 14.4 Å². The number of carbonyl (C=O) groups is 3. The third-order valence-electron chi connectivity index (χ3n) is 7.58. The summed E-state index contributed by atoms with van der Waals surface area (Å²) >= 11 is 7.95. The molecule has 0 N–H and O–H groups in total. The third-order valence-corrected chi connectivity index (χ3v) is 8.99. The Hall–Kier alpha value is -3.62. The van der Waals surface area contributed by atoms with Crippen LogP contribution in [0.15, 0.2) is 65.2 Å². The Morgan fingerprint density at radius 1 is 1.10 bits per heavy atom. The average molecular weight is 564 g/mol. The Morgan fingerprint density at radius 3 is 2.67 bits per heavy atom. The van der Waals surface area contributed by atoms with Crippen molar-refractivity contribution in [1.29, 1.82) is 0 Å². The monoisotopic (exact) mass is 563 g/mol. The number of halogens is 1. The molecule has 0 radical (unpaired) electrons. The normalized spacial score (nSPS) is 22.2. The Labute approximate surface area is 234 Å². The van der Waals surface area contributed by atoms with Crippen LogP contribution >= 0.6 is 22.9 Å². The second kappa shape index (κ2) is 10.2. The number of hydrogen-bond acceptors (Lipinski definition) is 7. The van der Waals surface area contributed by atoms with E-state index in [2.05, 4.69) is 0 Å². The molecule has 0 saturated carbocycles. The van der Waals surface area contributed by atoms with E-state index in [0.717, 1.165) is 16.0 Å². The summed E-state index contributed by atoms with van der Waals surface area (Å²) in [5.74, 6) is -1.83. The number of ether oxygens (including phenoxy) is 3. The lowest BCUT2D eigenvalue weighted by Gasteiger charge is -2.42. The van der Waals surface area contributed by atoms with E-state index in [4.69, 9.17) is 25.8 Å². The molecule has 9 heteroatoms. The smallest absolute Gasteiger partial charge is 0.317 e. The number of rotatable bonds is 5. The summed E-state index contributed by atoms with van der Waals surface area (Å²) in [5, 5.41) is 2.45. The molecule has 1 amide bonds. The summed E-state index contributed by atoms with van der Waals surface area (Å²) in [6, 6.07) is 14.7. The molecule has 0 bridgehead atoms. The first-order valence-electron chi connectivity index (χ1n) is 12.8. The lowest BCUT2D eigenvalue weighted by atomic mass is 9.69. The fourth-order valence-corrected chi connectivity index (χ4v) is 6.78. The molecular formula is C30H26ClNO6S. The fraction of sp³-hybridized carbons (Fsp3) is 0.300. The number of ketones is 1. The van der Waals surface area contributed by atoms with Crippen molar-refractivity contribution in [3.05, 3.63) is 86.2 Å². The number of benzene rings is 2. The molecule has 7 nitrogen and oxygen atoms in total. The Kier molecular flexibility index (Phi) is 6.69. The number of allylic oxidation sites excluding steroid dienone is 2. The Bertz CT molecular complexity index is 1510. The minimum Gasteiger partial charge on any atom is -0.465 e. The predicted molar refractivity (Wildman–Crippen MR) is 147 cm³/mol. The topological polar surface area (TPSA) is 82.1 Å². The van der Waals surface area contributed by atoms with E-state index >= 15 is 0 Å². The Balaban J connectivity index is 1.55. The third kappa shape index (κ3) is 4.41. The number of fused-ring (bicyclic) bond motifs is 1. The molecule has 0 fully saturated rings. The van der Waals surface area contributed by atoms with E-state index in [1.54, 1.807) is 24.0 Å². The molecule has 3 atom stereocenters. The highest BCUT2D eigenvalue weighted by atomic mass is 35.5. The molecule has 1 aliphatic carbocycles. The van der Waals surface area contributed by atoms with Gasteiger partial charge in [0.05, 0.1) is 12.3 Å². The zero-order chi connectivity index (χ0) is 27.3. The zero-order valence-electron chi connectivity index (χ0n) is 21.4. The second-order valence-electron chi connectivity index (χ2n) is 9.81. The van der Waals surface area contributed by atoms with Crippen LogP contribution in [0.2, 0.25) is 5.02 Å². The molecule has 3 aliphatic rings. The van der Waals surface area contributed by atoms with Crippen LogP contribution in [0.25, 0.3) is 0 Å². The molecule has 200 valence electrons. The van der Waals surface area contributed by atoms with Gasteiger partial charge in [-0.25, -0.2) is 0 Å². The number of amides is 1. The summed E-state index contributed by atoms with van der Waals surface area (Å²) in [5.41, 5.74) is 3.29. The molecule has 2 aromatic carbocycles. The highest BCUT2D eigenvalue weighted by molar-refractivity contribution is 7.10. The summed E-state index contributed by atoms with van der Waals surface area (Å²) in [6.07, 6.45) is 0.373. The van der Waals surface area contributed by atoms with Crippen LogP contribution in [0.3, 0.4) is 0 Å². The minimum absolute atomic E-state index is 0.0505. The largest absolute Gasteiger partial charge is 0.465 e. The molecule has 3 heterocycles. The van der Waals surface area contributed by atoms with Crippen molar-refractivity contribution in [2.75, 3.05) is 18.3 Å². The van der Waals surface area contributed by atoms with Gasteiger partial charge in [-0.05, 0) is 67.1 Å². The lowest BCUT2D eigenvalue weighted by Crippen LogP contribution is -2.46. The maximum absolute atomic E-state index is 14.4. The van der Waals surface area contributed by atoms with Crippen LogP contribution in [0.4, 0.5) is 5.69 Å². The van der Waals surface area contributed by atoms with Crippen molar-refractivity contribution < 1.29 is 28.6 Å². The van der Waals surface area contributed by atoms with Gasteiger partial charge < -0.3 is 14.2 Å². The molecular weight excluding hydrogens is 538 g/mol. The SMILES string of the molecule is CCOC(=O)[C@@H]1C(=O)C2=C(C[C@@H]1c1cccs1)N(c1ccc(C)c(Cl)c1)C(=O)C[C@H]2c1ccc2c(c1)OCO2. The quantitative estimate of drug-likeness (QED) is 0.273. The summed E-state index contributed by atoms with van der Waals surface area (Å²) < 4.78 is 16.5. The van der Waals surface area contributed by atoms with Crippen LogP contribution in [-0.4, -0.2) is 31.1 Å². The first-order chi connectivity index (χ1) is 18.9. The van der Waals surface area contributed by atoms with Crippen molar-refractivity contribution in [3.8, 4) is 11.5 Å². The van der Waals surface area contributed by atoms with Crippen molar-refractivity contribution in [2.24, 2.45) is 5.92 Å². The fourth-order valence-electron chi connectivity index (χ4n) is 5.74. The molecule has 0 spiro atoms. The molecule has 2 aliphatic heterocycles. The molecule has 3 aromatic rings. The van der Waals surface area contributed by atoms with Crippen LogP contribution in [0.5, 0.6) is 11.5 Å². The summed E-state index contributed by atoms with van der Waals surface area (Å²) in [6.45, 7) is 3.91. The molecule has 0 unspecified atom stereocenters. The van der Waals surface area contributed by atoms with Gasteiger partial charge in [0.25, 0.3) is 0 Å². The van der Waals surface area contributed by atoms with Crippen LogP contribution in [0, 0.1) is 12.8 Å². The molecule has 6 rings (SSSR count). The summed E-state index contributed by atoms with van der Waals surface area (Å²) in [4.78, 5) is 44.1. The van der Waals surface area contributed by atoms with Crippen molar-refractivity contribution >= 4 is 46.3 Å². The summed E-state index contributed by atoms with van der Waals surface area (Å²) in [7, 11) is 0. The molecule has 1 aromatic heterocycles. The highest BCUT2D eigenvalue weighted by Gasteiger charge is 2.50. The van der Waals surface area contributed by atoms with Crippen molar-refractivity contribution in [1.82, 2.24) is 0 Å². The number of hydrogen-bond donors (Lipinski definition) is 0. The highest BCUT2D eigenvalue weighted by Crippen LogP contribution is 2.51. The number of carbonyl (C=O) groups excluding carboxylic acids is 3. The van der Waals surface area contributed by atoms with Crippen LogP contribution in [-0.2, 0) is 19.1 Å². The van der Waals surface area contributed by atoms with Gasteiger partial charge in [0.1, 0.15) is 5.92 Å². The average Bonchev–Trinajstić information content (AvgIpc) is 3.62. The van der Waals surface area contributed by atoms with Crippen LogP contribution in [0.1, 0.15) is 47.6 Å². The van der Waals surface area contributed by atoms with E-state index in [1.165, 1.54) is 11.3 Å². The zero-order valence-corrected chi connectivity index (χ0v) is 23.0.